The number of thioether (sulfide) groups is 1. The van der Waals surface area contributed by atoms with Crippen LogP contribution in [0.5, 0.6) is 0 Å². The summed E-state index contributed by atoms with van der Waals surface area (Å²) in [6.07, 6.45) is 0. The summed E-state index contributed by atoms with van der Waals surface area (Å²) in [6.45, 7) is 0. The number of halogens is 2. The van der Waals surface area contributed by atoms with Crippen molar-refractivity contribution in [2.24, 2.45) is 0 Å². The smallest absolute Gasteiger partial charge is 0.266 e. The number of fused-ring (bicyclic) bond motifs is 1. The van der Waals surface area contributed by atoms with Gasteiger partial charge >= 0.3 is 0 Å². The Morgan fingerprint density at radius 2 is 1.63 bits per heavy atom. The van der Waals surface area contributed by atoms with E-state index < -0.39 is 11.6 Å². The zero-order valence-electron chi connectivity index (χ0n) is 14.1. The van der Waals surface area contributed by atoms with Crippen molar-refractivity contribution < 1.29 is 8.78 Å². The third-order valence-corrected chi connectivity index (χ3v) is 5.12. The molecule has 0 aliphatic carbocycles. The van der Waals surface area contributed by atoms with E-state index in [9.17, 15) is 13.6 Å². The summed E-state index contributed by atoms with van der Waals surface area (Å²) < 4.78 is 28.2. The van der Waals surface area contributed by atoms with Crippen LogP contribution in [0.25, 0.3) is 16.6 Å². The van der Waals surface area contributed by atoms with Gasteiger partial charge in [0.1, 0.15) is 0 Å². The molecule has 1 heterocycles. The molecule has 0 saturated carbocycles. The van der Waals surface area contributed by atoms with Crippen molar-refractivity contribution in [2.45, 2.75) is 10.9 Å². The lowest BCUT2D eigenvalue weighted by atomic mass is 10.2. The largest absolute Gasteiger partial charge is 0.268 e. The summed E-state index contributed by atoms with van der Waals surface area (Å²) in [5.74, 6) is -1.41. The number of benzene rings is 3. The molecule has 0 spiro atoms. The summed E-state index contributed by atoms with van der Waals surface area (Å²) in [4.78, 5) is 17.7. The lowest BCUT2D eigenvalue weighted by molar-refractivity contribution is 0.507. The molecule has 0 bridgehead atoms. The van der Waals surface area contributed by atoms with Gasteiger partial charge in [-0.15, -0.1) is 0 Å². The molecule has 0 aliphatic rings. The van der Waals surface area contributed by atoms with Gasteiger partial charge < -0.3 is 0 Å². The number of para-hydroxylation sites is 2. The standard InChI is InChI=1S/C21H14F2N2OS/c22-17-11-10-14(12-18(17)23)13-27-21-24-19-9-5-4-8-16(19)20(26)25(21)15-6-2-1-3-7-15/h1-12H,13H2. The fourth-order valence-corrected chi connectivity index (χ4v) is 3.75. The normalized spacial score (nSPS) is 11.0. The van der Waals surface area contributed by atoms with E-state index in [-0.39, 0.29) is 5.56 Å². The van der Waals surface area contributed by atoms with Crippen LogP contribution < -0.4 is 5.56 Å². The van der Waals surface area contributed by atoms with Crippen LogP contribution >= 0.6 is 11.8 Å². The first-order valence-corrected chi connectivity index (χ1v) is 9.26. The van der Waals surface area contributed by atoms with E-state index in [2.05, 4.69) is 4.98 Å². The monoisotopic (exact) mass is 380 g/mol. The Kier molecular flexibility index (Phi) is 4.73. The van der Waals surface area contributed by atoms with Crippen LogP contribution in [-0.2, 0) is 5.75 Å². The van der Waals surface area contributed by atoms with Gasteiger partial charge in [0.25, 0.3) is 5.56 Å². The van der Waals surface area contributed by atoms with Crippen molar-refractivity contribution in [3.8, 4) is 5.69 Å². The van der Waals surface area contributed by atoms with Crippen LogP contribution in [0.4, 0.5) is 8.78 Å². The van der Waals surface area contributed by atoms with Crippen LogP contribution in [0.3, 0.4) is 0 Å². The molecule has 0 amide bonds. The fourth-order valence-electron chi connectivity index (χ4n) is 2.79. The van der Waals surface area contributed by atoms with Gasteiger partial charge in [-0.05, 0) is 42.0 Å². The Morgan fingerprint density at radius 1 is 0.889 bits per heavy atom. The fraction of sp³-hybridized carbons (Fsp3) is 0.0476. The molecular weight excluding hydrogens is 366 g/mol. The lowest BCUT2D eigenvalue weighted by Crippen LogP contribution is -2.21. The molecule has 0 atom stereocenters. The average molecular weight is 380 g/mol. The van der Waals surface area contributed by atoms with Crippen molar-refractivity contribution in [3.05, 3.63) is 100 Å². The third-order valence-electron chi connectivity index (χ3n) is 4.11. The van der Waals surface area contributed by atoms with Gasteiger partial charge in [0, 0.05) is 5.75 Å². The number of aromatic nitrogens is 2. The van der Waals surface area contributed by atoms with Gasteiger partial charge in [-0.1, -0.05) is 48.2 Å². The molecule has 0 radical (unpaired) electrons. The minimum absolute atomic E-state index is 0.167. The topological polar surface area (TPSA) is 34.9 Å². The average Bonchev–Trinajstić information content (AvgIpc) is 2.70. The van der Waals surface area contributed by atoms with Crippen LogP contribution in [0, 0.1) is 11.6 Å². The van der Waals surface area contributed by atoms with Crippen LogP contribution in [0.15, 0.2) is 82.7 Å². The molecular formula is C21H14F2N2OS. The highest BCUT2D eigenvalue weighted by molar-refractivity contribution is 7.98. The second-order valence-corrected chi connectivity index (χ2v) is 6.87. The third kappa shape index (κ3) is 3.48. The predicted molar refractivity (Wildman–Crippen MR) is 103 cm³/mol. The molecule has 0 aliphatic heterocycles. The van der Waals surface area contributed by atoms with Crippen molar-refractivity contribution in [1.82, 2.24) is 9.55 Å². The van der Waals surface area contributed by atoms with E-state index in [0.717, 1.165) is 12.1 Å². The van der Waals surface area contributed by atoms with Crippen LogP contribution in [0.2, 0.25) is 0 Å². The molecule has 1 aromatic heterocycles. The Hall–Kier alpha value is -2.99. The Labute approximate surface area is 158 Å². The first kappa shape index (κ1) is 17.4. The summed E-state index contributed by atoms with van der Waals surface area (Å²) in [5.41, 5.74) is 1.75. The zero-order valence-corrected chi connectivity index (χ0v) is 14.9. The zero-order chi connectivity index (χ0) is 18.8. The number of hydrogen-bond donors (Lipinski definition) is 0. The maximum atomic E-state index is 13.5. The first-order valence-electron chi connectivity index (χ1n) is 8.27. The van der Waals surface area contributed by atoms with Crippen molar-refractivity contribution in [3.63, 3.8) is 0 Å². The van der Waals surface area contributed by atoms with Gasteiger partial charge in [0.15, 0.2) is 16.8 Å². The van der Waals surface area contributed by atoms with E-state index in [0.29, 0.717) is 33.1 Å². The predicted octanol–water partition coefficient (Wildman–Crippen LogP) is 4.96. The summed E-state index contributed by atoms with van der Waals surface area (Å²) in [7, 11) is 0. The second-order valence-electron chi connectivity index (χ2n) is 5.92. The molecule has 0 saturated heterocycles. The van der Waals surface area contributed by atoms with Crippen molar-refractivity contribution in [2.75, 3.05) is 0 Å². The summed E-state index contributed by atoms with van der Waals surface area (Å²) >= 11 is 1.30. The summed E-state index contributed by atoms with van der Waals surface area (Å²) in [5, 5.41) is 1.02. The Morgan fingerprint density at radius 3 is 2.41 bits per heavy atom. The highest BCUT2D eigenvalue weighted by atomic mass is 32.2. The number of hydrogen-bond acceptors (Lipinski definition) is 3. The number of nitrogens with zero attached hydrogens (tertiary/aromatic N) is 2. The van der Waals surface area contributed by atoms with E-state index in [1.165, 1.54) is 17.8 Å². The Bertz CT molecular complexity index is 1180. The molecule has 0 unspecified atom stereocenters. The van der Waals surface area contributed by atoms with Gasteiger partial charge in [0.2, 0.25) is 0 Å². The highest BCUT2D eigenvalue weighted by Crippen LogP contribution is 2.25. The molecule has 4 rings (SSSR count). The minimum atomic E-state index is -0.889. The first-order chi connectivity index (χ1) is 13.1. The van der Waals surface area contributed by atoms with E-state index in [1.807, 2.05) is 36.4 Å². The molecule has 0 fully saturated rings. The molecule has 3 nitrogen and oxygen atoms in total. The molecule has 6 heteroatoms. The molecule has 4 aromatic rings. The van der Waals surface area contributed by atoms with Gasteiger partial charge in [0.05, 0.1) is 16.6 Å². The molecule has 3 aromatic carbocycles. The van der Waals surface area contributed by atoms with E-state index in [1.54, 1.807) is 22.8 Å². The minimum Gasteiger partial charge on any atom is -0.268 e. The second kappa shape index (κ2) is 7.32. The van der Waals surface area contributed by atoms with Crippen LogP contribution in [0.1, 0.15) is 5.56 Å². The summed E-state index contributed by atoms with van der Waals surface area (Å²) in [6, 6.07) is 20.2. The van der Waals surface area contributed by atoms with Crippen molar-refractivity contribution in [1.29, 1.82) is 0 Å². The maximum Gasteiger partial charge on any atom is 0.266 e. The van der Waals surface area contributed by atoms with E-state index in [4.69, 9.17) is 0 Å². The SMILES string of the molecule is O=c1c2ccccc2nc(SCc2ccc(F)c(F)c2)n1-c1ccccc1. The van der Waals surface area contributed by atoms with Gasteiger partial charge in [-0.25, -0.2) is 13.8 Å². The molecule has 0 N–H and O–H groups in total. The quantitative estimate of drug-likeness (QED) is 0.371. The number of rotatable bonds is 4. The molecule has 134 valence electrons. The van der Waals surface area contributed by atoms with Crippen LogP contribution in [-0.4, -0.2) is 9.55 Å². The van der Waals surface area contributed by atoms with Crippen molar-refractivity contribution >= 4 is 22.7 Å². The highest BCUT2D eigenvalue weighted by Gasteiger charge is 2.13. The maximum absolute atomic E-state index is 13.5. The van der Waals surface area contributed by atoms with Gasteiger partial charge in [-0.2, -0.15) is 0 Å². The van der Waals surface area contributed by atoms with E-state index >= 15 is 0 Å². The molecule has 27 heavy (non-hydrogen) atoms. The lowest BCUT2D eigenvalue weighted by Gasteiger charge is -2.13. The Balaban J connectivity index is 1.80. The van der Waals surface area contributed by atoms with Gasteiger partial charge in [-0.3, -0.25) is 9.36 Å².